The number of aromatic nitrogens is 5. The highest BCUT2D eigenvalue weighted by molar-refractivity contribution is 6.21. The number of hydrogen-bond acceptors (Lipinski definition) is 4. The van der Waals surface area contributed by atoms with Gasteiger partial charge in [0, 0.05) is 65.5 Å². The lowest BCUT2D eigenvalue weighted by molar-refractivity contribution is 0.672. The highest BCUT2D eigenvalue weighted by Gasteiger charge is 2.23. The van der Waals surface area contributed by atoms with E-state index < -0.39 is 0 Å². The molecule has 0 atom stereocenters. The van der Waals surface area contributed by atoms with Crippen LogP contribution in [0.2, 0.25) is 0 Å². The Balaban J connectivity index is 0.953. The quantitative estimate of drug-likeness (QED) is 0.173. The normalized spacial score (nSPS) is 12.1. The maximum absolute atomic E-state index is 6.99. The summed E-state index contributed by atoms with van der Waals surface area (Å²) in [5.41, 5.74) is 11.0. The number of fused-ring (bicyclic) bond motifs is 13. The Morgan fingerprint density at radius 2 is 0.884 bits per heavy atom. The summed E-state index contributed by atoms with van der Waals surface area (Å²) in [6.45, 7) is 0. The van der Waals surface area contributed by atoms with E-state index in [0.29, 0.717) is 17.5 Å². The third-order valence-electron chi connectivity index (χ3n) is 14.1. The van der Waals surface area contributed by atoms with E-state index >= 15 is 0 Å². The lowest BCUT2D eigenvalue weighted by Crippen LogP contribution is -2.00. The molecule has 6 heteroatoms. The molecule has 0 unspecified atom stereocenters. The average Bonchev–Trinajstić information content (AvgIpc) is 4.06. The van der Waals surface area contributed by atoms with E-state index in [1.165, 1.54) is 43.4 Å². The topological polar surface area (TPSA) is 61.7 Å². The largest absolute Gasteiger partial charge is 0.455 e. The van der Waals surface area contributed by atoms with Gasteiger partial charge in [0.15, 0.2) is 17.5 Å². The van der Waals surface area contributed by atoms with E-state index in [4.69, 9.17) is 19.4 Å². The van der Waals surface area contributed by atoms with Gasteiger partial charge in [0.05, 0.1) is 27.8 Å². The van der Waals surface area contributed by atoms with Crippen molar-refractivity contribution in [1.29, 1.82) is 0 Å². The Hall–Kier alpha value is -9.39. The molecular weight excluding hydrogens is 843 g/mol. The van der Waals surface area contributed by atoms with Gasteiger partial charge in [-0.1, -0.05) is 158 Å². The molecule has 4 aromatic heterocycles. The van der Waals surface area contributed by atoms with Crippen molar-refractivity contribution in [3.8, 4) is 45.5 Å². The zero-order valence-electron chi connectivity index (χ0n) is 37.0. The molecule has 11 aromatic carbocycles. The van der Waals surface area contributed by atoms with Gasteiger partial charge < -0.3 is 13.6 Å². The number of nitrogens with zero attached hydrogens (tertiary/aromatic N) is 5. The molecule has 4 heterocycles. The first-order chi connectivity index (χ1) is 34.2. The van der Waals surface area contributed by atoms with E-state index in [-0.39, 0.29) is 0 Å². The van der Waals surface area contributed by atoms with Gasteiger partial charge in [-0.25, -0.2) is 15.0 Å². The third-order valence-corrected chi connectivity index (χ3v) is 14.1. The minimum Gasteiger partial charge on any atom is -0.455 e. The third kappa shape index (κ3) is 5.69. The summed E-state index contributed by atoms with van der Waals surface area (Å²) >= 11 is 0. The summed E-state index contributed by atoms with van der Waals surface area (Å²) in [5.74, 6) is 1.78. The second kappa shape index (κ2) is 14.6. The van der Waals surface area contributed by atoms with Crippen LogP contribution in [-0.2, 0) is 0 Å². The SMILES string of the molecule is c1ccc(-c2nc(-c3ccc4c(c3)oc3c5ccccc5c(-n5c6cc7ccccc7cc6c6cc7ccccc7cc65)cc43)nc(-c3cccc4c3c3ccccc3n4-c3ccccc3)n2)cc1. The van der Waals surface area contributed by atoms with Crippen molar-refractivity contribution in [2.75, 3.05) is 0 Å². The predicted octanol–water partition coefficient (Wildman–Crippen LogP) is 16.4. The second-order valence-electron chi connectivity index (χ2n) is 18.0. The van der Waals surface area contributed by atoms with Gasteiger partial charge in [0.2, 0.25) is 0 Å². The van der Waals surface area contributed by atoms with Crippen LogP contribution in [0, 0.1) is 0 Å². The van der Waals surface area contributed by atoms with Crippen LogP contribution in [0.4, 0.5) is 0 Å². The van der Waals surface area contributed by atoms with Crippen LogP contribution < -0.4 is 0 Å². The number of furan rings is 1. The molecule has 0 N–H and O–H groups in total. The van der Waals surface area contributed by atoms with Crippen molar-refractivity contribution in [2.24, 2.45) is 0 Å². The molecule has 0 fully saturated rings. The van der Waals surface area contributed by atoms with E-state index in [1.807, 2.05) is 18.2 Å². The highest BCUT2D eigenvalue weighted by atomic mass is 16.3. The summed E-state index contributed by atoms with van der Waals surface area (Å²) < 4.78 is 11.8. The first kappa shape index (κ1) is 37.8. The molecule has 0 aliphatic heterocycles. The van der Waals surface area contributed by atoms with Crippen molar-refractivity contribution in [3.63, 3.8) is 0 Å². The lowest BCUT2D eigenvalue weighted by Gasteiger charge is -2.13. The van der Waals surface area contributed by atoms with Gasteiger partial charge in [-0.05, 0) is 88.3 Å². The number of benzene rings is 11. The first-order valence-corrected chi connectivity index (χ1v) is 23.3. The van der Waals surface area contributed by atoms with Gasteiger partial charge >= 0.3 is 0 Å². The summed E-state index contributed by atoms with van der Waals surface area (Å²) in [5, 5.41) is 13.8. The van der Waals surface area contributed by atoms with Crippen LogP contribution >= 0.6 is 0 Å². The molecule has 0 amide bonds. The standard InChI is InChI=1S/C63H37N5O/c1-3-16-38(17-4-1)61-64-62(66-63(65-61)49-27-15-29-54-59(49)48-26-13-14-28-53(48)67(54)44-22-5-2-6-23-44)43-30-31-46-52-37-57(45-24-11-12-25-47(45)60(52)69-58(46)36-43)68-55-34-41-20-9-7-18-39(41)32-50(55)51-33-40-19-8-10-21-42(40)35-56(51)68/h1-37H. The van der Waals surface area contributed by atoms with E-state index in [1.54, 1.807) is 0 Å². The Bertz CT molecular complexity index is 4510. The van der Waals surface area contributed by atoms with Crippen molar-refractivity contribution in [1.82, 2.24) is 24.1 Å². The highest BCUT2D eigenvalue weighted by Crippen LogP contribution is 2.44. The maximum atomic E-state index is 6.99. The minimum atomic E-state index is 0.570. The van der Waals surface area contributed by atoms with Crippen LogP contribution in [0.3, 0.4) is 0 Å². The Labute approximate surface area is 394 Å². The van der Waals surface area contributed by atoms with Crippen LogP contribution in [0.25, 0.3) is 143 Å². The monoisotopic (exact) mass is 879 g/mol. The molecule has 0 bridgehead atoms. The number of para-hydroxylation sites is 2. The number of hydrogen-bond donors (Lipinski definition) is 0. The van der Waals surface area contributed by atoms with Crippen LogP contribution in [-0.4, -0.2) is 24.1 Å². The van der Waals surface area contributed by atoms with Crippen LogP contribution in [0.1, 0.15) is 0 Å². The van der Waals surface area contributed by atoms with E-state index in [2.05, 4.69) is 215 Å². The molecule has 6 nitrogen and oxygen atoms in total. The Morgan fingerprint density at radius 1 is 0.319 bits per heavy atom. The molecule has 0 spiro atoms. The van der Waals surface area contributed by atoms with E-state index in [9.17, 15) is 0 Å². The zero-order chi connectivity index (χ0) is 45.2. The van der Waals surface area contributed by atoms with Crippen molar-refractivity contribution in [3.05, 3.63) is 224 Å². The second-order valence-corrected chi connectivity index (χ2v) is 18.0. The van der Waals surface area contributed by atoms with Gasteiger partial charge in [-0.2, -0.15) is 0 Å². The molecule has 15 rings (SSSR count). The fourth-order valence-corrected chi connectivity index (χ4v) is 11.0. The summed E-state index contributed by atoms with van der Waals surface area (Å²) in [6, 6.07) is 79.7. The van der Waals surface area contributed by atoms with Crippen molar-refractivity contribution < 1.29 is 4.42 Å². The first-order valence-electron chi connectivity index (χ1n) is 23.3. The predicted molar refractivity (Wildman–Crippen MR) is 285 cm³/mol. The maximum Gasteiger partial charge on any atom is 0.164 e. The summed E-state index contributed by atoms with van der Waals surface area (Å²) in [4.78, 5) is 15.7. The van der Waals surface area contributed by atoms with Crippen molar-refractivity contribution in [2.45, 2.75) is 0 Å². The lowest BCUT2D eigenvalue weighted by atomic mass is 10.0. The molecule has 0 saturated heterocycles. The Kier molecular flexibility index (Phi) is 7.97. The van der Waals surface area contributed by atoms with Crippen molar-refractivity contribution >= 4 is 97.9 Å². The Morgan fingerprint density at radius 3 is 1.59 bits per heavy atom. The molecule has 0 aliphatic rings. The molecule has 15 aromatic rings. The van der Waals surface area contributed by atoms with Gasteiger partial charge in [0.1, 0.15) is 11.2 Å². The smallest absolute Gasteiger partial charge is 0.164 e. The summed E-state index contributed by atoms with van der Waals surface area (Å²) in [7, 11) is 0. The fraction of sp³-hybridized carbons (Fsp3) is 0. The van der Waals surface area contributed by atoms with E-state index in [0.717, 1.165) is 82.6 Å². The molecular formula is C63H37N5O. The fourth-order valence-electron chi connectivity index (χ4n) is 11.0. The zero-order valence-corrected chi connectivity index (χ0v) is 37.0. The minimum absolute atomic E-state index is 0.570. The van der Waals surface area contributed by atoms with Crippen LogP contribution in [0.15, 0.2) is 229 Å². The molecule has 69 heavy (non-hydrogen) atoms. The van der Waals surface area contributed by atoms with Gasteiger partial charge in [0.25, 0.3) is 0 Å². The molecule has 0 radical (unpaired) electrons. The number of rotatable bonds is 5. The summed E-state index contributed by atoms with van der Waals surface area (Å²) in [6.07, 6.45) is 0. The van der Waals surface area contributed by atoms with Gasteiger partial charge in [-0.3, -0.25) is 0 Å². The molecule has 320 valence electrons. The molecule has 0 saturated carbocycles. The molecule has 0 aliphatic carbocycles. The van der Waals surface area contributed by atoms with Gasteiger partial charge in [-0.15, -0.1) is 0 Å². The average molecular weight is 880 g/mol. The van der Waals surface area contributed by atoms with Crippen LogP contribution in [0.5, 0.6) is 0 Å².